The molecule has 114 valence electrons. The highest BCUT2D eigenvalue weighted by Crippen LogP contribution is 2.23. The van der Waals surface area contributed by atoms with Gasteiger partial charge in [-0.15, -0.1) is 11.3 Å². The summed E-state index contributed by atoms with van der Waals surface area (Å²) < 4.78 is 19.1. The van der Waals surface area contributed by atoms with Crippen molar-refractivity contribution in [2.45, 2.75) is 39.3 Å². The van der Waals surface area contributed by atoms with Crippen LogP contribution in [-0.2, 0) is 6.42 Å². The van der Waals surface area contributed by atoms with Crippen LogP contribution in [0.1, 0.15) is 35.2 Å². The Balaban J connectivity index is 1.98. The summed E-state index contributed by atoms with van der Waals surface area (Å²) in [6, 6.07) is 9.57. The summed E-state index contributed by atoms with van der Waals surface area (Å²) in [5.74, 6) is 0.319. The quantitative estimate of drug-likeness (QED) is 0.849. The van der Waals surface area contributed by atoms with Gasteiger partial charge in [-0.1, -0.05) is 6.07 Å². The fourth-order valence-electron chi connectivity index (χ4n) is 2.46. The molecule has 0 amide bonds. The van der Waals surface area contributed by atoms with Gasteiger partial charge in [0, 0.05) is 33.5 Å². The van der Waals surface area contributed by atoms with Gasteiger partial charge in [0.1, 0.15) is 11.6 Å². The number of hydrogen-bond donors (Lipinski definition) is 1. The van der Waals surface area contributed by atoms with Crippen molar-refractivity contribution in [3.63, 3.8) is 0 Å². The van der Waals surface area contributed by atoms with Crippen LogP contribution in [0.15, 0.2) is 30.3 Å². The molecule has 2 nitrogen and oxygen atoms in total. The van der Waals surface area contributed by atoms with Crippen LogP contribution >= 0.6 is 11.3 Å². The lowest BCUT2D eigenvalue weighted by atomic mass is 10.1. The first-order chi connectivity index (χ1) is 9.99. The Kier molecular flexibility index (Phi) is 5.37. The monoisotopic (exact) mass is 307 g/mol. The van der Waals surface area contributed by atoms with E-state index >= 15 is 0 Å². The van der Waals surface area contributed by atoms with Crippen LogP contribution in [0.25, 0.3) is 0 Å². The number of aryl methyl sites for hydroxylation is 1. The van der Waals surface area contributed by atoms with Crippen molar-refractivity contribution < 1.29 is 9.13 Å². The van der Waals surface area contributed by atoms with E-state index in [1.807, 2.05) is 18.3 Å². The van der Waals surface area contributed by atoms with Gasteiger partial charge in [-0.3, -0.25) is 0 Å². The lowest BCUT2D eigenvalue weighted by Crippen LogP contribution is -2.30. The highest BCUT2D eigenvalue weighted by atomic mass is 32.1. The molecule has 0 aliphatic rings. The molecule has 0 aliphatic heterocycles. The minimum absolute atomic E-state index is 0.0352. The fourth-order valence-corrected chi connectivity index (χ4v) is 3.48. The summed E-state index contributed by atoms with van der Waals surface area (Å²) in [5.41, 5.74) is 0.671. The summed E-state index contributed by atoms with van der Waals surface area (Å²) in [5, 5.41) is 3.46. The van der Waals surface area contributed by atoms with Gasteiger partial charge in [-0.05, 0) is 45.4 Å². The number of halogens is 1. The molecule has 1 N–H and O–H groups in total. The molecule has 0 aliphatic carbocycles. The van der Waals surface area contributed by atoms with E-state index in [9.17, 15) is 4.39 Å². The van der Waals surface area contributed by atoms with Crippen LogP contribution in [-0.4, -0.2) is 13.2 Å². The van der Waals surface area contributed by atoms with Gasteiger partial charge in [-0.2, -0.15) is 0 Å². The van der Waals surface area contributed by atoms with Gasteiger partial charge in [0.15, 0.2) is 0 Å². The molecule has 1 aromatic carbocycles. The number of ether oxygens (including phenoxy) is 1. The summed E-state index contributed by atoms with van der Waals surface area (Å²) in [4.78, 5) is 2.68. The second kappa shape index (κ2) is 7.05. The second-order valence-corrected chi connectivity index (χ2v) is 6.77. The molecule has 2 atom stereocenters. The molecule has 2 aromatic rings. The Morgan fingerprint density at radius 2 is 2.00 bits per heavy atom. The van der Waals surface area contributed by atoms with Crippen molar-refractivity contribution in [3.05, 3.63) is 51.5 Å². The third-order valence-electron chi connectivity index (χ3n) is 3.51. The van der Waals surface area contributed by atoms with Crippen LogP contribution in [0, 0.1) is 12.7 Å². The Labute approximate surface area is 130 Å². The molecule has 0 spiro atoms. The van der Waals surface area contributed by atoms with Crippen molar-refractivity contribution in [1.29, 1.82) is 0 Å². The van der Waals surface area contributed by atoms with E-state index in [0.29, 0.717) is 17.4 Å². The zero-order chi connectivity index (χ0) is 15.4. The highest BCUT2D eigenvalue weighted by Gasteiger charge is 2.15. The van der Waals surface area contributed by atoms with E-state index in [0.717, 1.165) is 6.42 Å². The van der Waals surface area contributed by atoms with E-state index in [1.54, 1.807) is 19.2 Å². The lowest BCUT2D eigenvalue weighted by molar-refractivity contribution is 0.408. The number of methoxy groups -OCH3 is 1. The van der Waals surface area contributed by atoms with Gasteiger partial charge in [0.2, 0.25) is 0 Å². The largest absolute Gasteiger partial charge is 0.497 e. The molecule has 21 heavy (non-hydrogen) atoms. The Hall–Kier alpha value is -1.39. The van der Waals surface area contributed by atoms with Gasteiger partial charge in [0.05, 0.1) is 7.11 Å². The van der Waals surface area contributed by atoms with Gasteiger partial charge >= 0.3 is 0 Å². The van der Waals surface area contributed by atoms with Crippen LogP contribution < -0.4 is 10.1 Å². The molecule has 2 rings (SSSR count). The molecule has 0 radical (unpaired) electrons. The maximum atomic E-state index is 14.1. The summed E-state index contributed by atoms with van der Waals surface area (Å²) in [7, 11) is 1.54. The molecule has 0 saturated carbocycles. The third-order valence-corrected chi connectivity index (χ3v) is 4.54. The average molecular weight is 307 g/mol. The van der Waals surface area contributed by atoms with E-state index in [2.05, 4.69) is 31.3 Å². The predicted molar refractivity (Wildman–Crippen MR) is 86.7 cm³/mol. The molecule has 1 heterocycles. The summed E-state index contributed by atoms with van der Waals surface area (Å²) >= 11 is 1.82. The molecular formula is C17H22FNOS. The standard InChI is InChI=1S/C17H22FNOS/c1-11(9-15-7-5-12(2)21-15)19-13(3)16-8-6-14(20-4)10-17(16)18/h5-8,10-11,13,19H,9H2,1-4H3. The van der Waals surface area contributed by atoms with Crippen LogP contribution in [0.2, 0.25) is 0 Å². The number of nitrogens with one attached hydrogen (secondary N) is 1. The fraction of sp³-hybridized carbons (Fsp3) is 0.412. The molecule has 0 bridgehead atoms. The first-order valence-electron chi connectivity index (χ1n) is 7.14. The first-order valence-corrected chi connectivity index (χ1v) is 7.96. The van der Waals surface area contributed by atoms with Crippen LogP contribution in [0.5, 0.6) is 5.75 Å². The SMILES string of the molecule is COc1ccc(C(C)NC(C)Cc2ccc(C)s2)c(F)c1. The minimum Gasteiger partial charge on any atom is -0.497 e. The van der Waals surface area contributed by atoms with Gasteiger partial charge in [0.25, 0.3) is 0 Å². The second-order valence-electron chi connectivity index (χ2n) is 5.39. The number of benzene rings is 1. The van der Waals surface area contributed by atoms with Crippen LogP contribution in [0.4, 0.5) is 4.39 Å². The normalized spacial score (nSPS) is 14.0. The Morgan fingerprint density at radius 3 is 2.57 bits per heavy atom. The van der Waals surface area contributed by atoms with E-state index in [4.69, 9.17) is 4.74 Å². The zero-order valence-corrected chi connectivity index (χ0v) is 13.8. The van der Waals surface area contributed by atoms with Crippen molar-refractivity contribution in [2.75, 3.05) is 7.11 Å². The Bertz CT molecular complexity index is 596. The van der Waals surface area contributed by atoms with Crippen molar-refractivity contribution in [1.82, 2.24) is 5.32 Å². The number of rotatable bonds is 6. The molecule has 0 fully saturated rings. The van der Waals surface area contributed by atoms with E-state index in [1.165, 1.54) is 15.8 Å². The smallest absolute Gasteiger partial charge is 0.131 e. The van der Waals surface area contributed by atoms with Crippen molar-refractivity contribution in [3.8, 4) is 5.75 Å². The van der Waals surface area contributed by atoms with Crippen LogP contribution in [0.3, 0.4) is 0 Å². The minimum atomic E-state index is -0.228. The third kappa shape index (κ3) is 4.29. The van der Waals surface area contributed by atoms with E-state index < -0.39 is 0 Å². The molecule has 1 aromatic heterocycles. The highest BCUT2D eigenvalue weighted by molar-refractivity contribution is 7.11. The molecule has 4 heteroatoms. The summed E-state index contributed by atoms with van der Waals surface area (Å²) in [6.45, 7) is 6.23. The topological polar surface area (TPSA) is 21.3 Å². The molecular weight excluding hydrogens is 285 g/mol. The maximum absolute atomic E-state index is 14.1. The Morgan fingerprint density at radius 1 is 1.24 bits per heavy atom. The van der Waals surface area contributed by atoms with Gasteiger partial charge < -0.3 is 10.1 Å². The maximum Gasteiger partial charge on any atom is 0.131 e. The predicted octanol–water partition coefficient (Wildman–Crippen LogP) is 4.49. The van der Waals surface area contributed by atoms with Gasteiger partial charge in [-0.25, -0.2) is 4.39 Å². The number of hydrogen-bond acceptors (Lipinski definition) is 3. The van der Waals surface area contributed by atoms with Crippen molar-refractivity contribution >= 4 is 11.3 Å². The van der Waals surface area contributed by atoms with E-state index in [-0.39, 0.29) is 11.9 Å². The lowest BCUT2D eigenvalue weighted by Gasteiger charge is -2.20. The molecule has 0 saturated heterocycles. The molecule has 2 unspecified atom stereocenters. The summed E-state index contributed by atoms with van der Waals surface area (Å²) in [6.07, 6.45) is 0.959. The first kappa shape index (κ1) is 16.0. The average Bonchev–Trinajstić information content (AvgIpc) is 2.83. The number of thiophene rings is 1. The zero-order valence-electron chi connectivity index (χ0n) is 12.9. The van der Waals surface area contributed by atoms with Crippen molar-refractivity contribution in [2.24, 2.45) is 0 Å².